The van der Waals surface area contributed by atoms with Crippen LogP contribution >= 0.6 is 0 Å². The largest absolute Gasteiger partial charge is 0.491 e. The molecule has 0 saturated heterocycles. The van der Waals surface area contributed by atoms with Crippen LogP contribution in [0.4, 0.5) is 5.69 Å². The standard InChI is InChI=1S/C13H18BNO2/c1-3-5-8-17-12-7-6-10(14)9-11(12)15-13(16)4-2/h4,6-7,9H,2-3,5,8,14H2,1H3,(H,15,16). The lowest BCUT2D eigenvalue weighted by molar-refractivity contribution is -0.111. The molecule has 0 aliphatic heterocycles. The molecule has 0 atom stereocenters. The lowest BCUT2D eigenvalue weighted by Crippen LogP contribution is -2.12. The van der Waals surface area contributed by atoms with Crippen LogP contribution in [0.5, 0.6) is 5.75 Å². The van der Waals surface area contributed by atoms with Crippen molar-refractivity contribution in [3.05, 3.63) is 30.9 Å². The Kier molecular flexibility index (Phi) is 5.33. The third-order valence-electron chi connectivity index (χ3n) is 2.33. The molecule has 1 N–H and O–H groups in total. The summed E-state index contributed by atoms with van der Waals surface area (Å²) in [4.78, 5) is 11.3. The SMILES string of the molecule is Bc1ccc(OCCCC)c(NC(=O)C=C)c1. The van der Waals surface area contributed by atoms with Crippen molar-refractivity contribution in [2.24, 2.45) is 0 Å². The van der Waals surface area contributed by atoms with E-state index in [-0.39, 0.29) is 5.91 Å². The third kappa shape index (κ3) is 4.35. The van der Waals surface area contributed by atoms with E-state index in [1.807, 2.05) is 26.0 Å². The number of amides is 1. The molecule has 0 aliphatic rings. The number of rotatable bonds is 6. The molecular formula is C13H18BNO2. The van der Waals surface area contributed by atoms with Crippen molar-refractivity contribution in [2.45, 2.75) is 19.8 Å². The Morgan fingerprint density at radius 1 is 1.59 bits per heavy atom. The number of nitrogens with one attached hydrogen (secondary N) is 1. The van der Waals surface area contributed by atoms with E-state index in [9.17, 15) is 4.79 Å². The van der Waals surface area contributed by atoms with Crippen LogP contribution in [0.1, 0.15) is 19.8 Å². The Morgan fingerprint density at radius 3 is 3.00 bits per heavy atom. The zero-order valence-corrected chi connectivity index (χ0v) is 10.5. The third-order valence-corrected chi connectivity index (χ3v) is 2.33. The highest BCUT2D eigenvalue weighted by molar-refractivity contribution is 6.32. The van der Waals surface area contributed by atoms with Crippen LogP contribution in [0.25, 0.3) is 0 Å². The summed E-state index contributed by atoms with van der Waals surface area (Å²) in [7, 11) is 1.97. The molecule has 0 radical (unpaired) electrons. The lowest BCUT2D eigenvalue weighted by Gasteiger charge is -2.12. The van der Waals surface area contributed by atoms with Gasteiger partial charge in [-0.1, -0.05) is 31.5 Å². The van der Waals surface area contributed by atoms with Crippen molar-refractivity contribution < 1.29 is 9.53 Å². The van der Waals surface area contributed by atoms with Crippen molar-refractivity contribution in [2.75, 3.05) is 11.9 Å². The predicted molar refractivity (Wildman–Crippen MR) is 73.8 cm³/mol. The summed E-state index contributed by atoms with van der Waals surface area (Å²) in [6.45, 7) is 6.20. The summed E-state index contributed by atoms with van der Waals surface area (Å²) in [6.07, 6.45) is 3.33. The van der Waals surface area contributed by atoms with Crippen molar-refractivity contribution in [1.82, 2.24) is 0 Å². The molecule has 0 fully saturated rings. The van der Waals surface area contributed by atoms with E-state index in [0.717, 1.165) is 18.3 Å². The first-order valence-electron chi connectivity index (χ1n) is 5.84. The van der Waals surface area contributed by atoms with Crippen molar-refractivity contribution in [3.8, 4) is 5.75 Å². The van der Waals surface area contributed by atoms with Gasteiger partial charge in [-0.15, -0.1) is 0 Å². The minimum absolute atomic E-state index is 0.226. The first-order chi connectivity index (χ1) is 8.17. The summed E-state index contributed by atoms with van der Waals surface area (Å²) < 4.78 is 5.63. The average molecular weight is 231 g/mol. The summed E-state index contributed by atoms with van der Waals surface area (Å²) in [6, 6.07) is 5.73. The Balaban J connectivity index is 2.79. The smallest absolute Gasteiger partial charge is 0.247 e. The Hall–Kier alpha value is -1.71. The number of ether oxygens (including phenoxy) is 1. The molecule has 17 heavy (non-hydrogen) atoms. The maximum Gasteiger partial charge on any atom is 0.247 e. The molecule has 1 amide bonds. The number of anilines is 1. The summed E-state index contributed by atoms with van der Waals surface area (Å²) >= 11 is 0. The number of benzene rings is 1. The van der Waals surface area contributed by atoms with Gasteiger partial charge < -0.3 is 10.1 Å². The fourth-order valence-corrected chi connectivity index (χ4v) is 1.38. The lowest BCUT2D eigenvalue weighted by atomic mass is 9.95. The average Bonchev–Trinajstić information content (AvgIpc) is 2.32. The molecule has 1 rings (SSSR count). The first-order valence-corrected chi connectivity index (χ1v) is 5.84. The van der Waals surface area contributed by atoms with Crippen LogP contribution in [-0.2, 0) is 4.79 Å². The molecule has 4 heteroatoms. The zero-order chi connectivity index (χ0) is 12.7. The highest BCUT2D eigenvalue weighted by Gasteiger charge is 2.06. The highest BCUT2D eigenvalue weighted by atomic mass is 16.5. The number of carbonyl (C=O) groups is 1. The van der Waals surface area contributed by atoms with Gasteiger partial charge in [-0.05, 0) is 24.6 Å². The number of hydrogen-bond donors (Lipinski definition) is 1. The van der Waals surface area contributed by atoms with Gasteiger partial charge in [-0.25, -0.2) is 0 Å². The Morgan fingerprint density at radius 2 is 2.35 bits per heavy atom. The highest BCUT2D eigenvalue weighted by Crippen LogP contribution is 2.22. The number of hydrogen-bond acceptors (Lipinski definition) is 2. The second-order valence-electron chi connectivity index (χ2n) is 3.90. The molecular weight excluding hydrogens is 213 g/mol. The molecule has 1 aromatic carbocycles. The van der Waals surface area contributed by atoms with Crippen molar-refractivity contribution >= 4 is 24.9 Å². The fraction of sp³-hybridized carbons (Fsp3) is 0.308. The zero-order valence-electron chi connectivity index (χ0n) is 10.5. The van der Waals surface area contributed by atoms with Gasteiger partial charge in [0.05, 0.1) is 12.3 Å². The van der Waals surface area contributed by atoms with Gasteiger partial charge in [0.2, 0.25) is 5.91 Å². The van der Waals surface area contributed by atoms with Gasteiger partial charge in [0.1, 0.15) is 13.6 Å². The van der Waals surface area contributed by atoms with Gasteiger partial charge in [0, 0.05) is 0 Å². The van der Waals surface area contributed by atoms with Gasteiger partial charge in [-0.2, -0.15) is 0 Å². The minimum atomic E-state index is -0.226. The van der Waals surface area contributed by atoms with Crippen LogP contribution < -0.4 is 15.5 Å². The van der Waals surface area contributed by atoms with Gasteiger partial charge in [-0.3, -0.25) is 4.79 Å². The fourth-order valence-electron chi connectivity index (χ4n) is 1.38. The molecule has 90 valence electrons. The molecule has 0 bridgehead atoms. The molecule has 3 nitrogen and oxygen atoms in total. The van der Waals surface area contributed by atoms with Crippen LogP contribution in [0.15, 0.2) is 30.9 Å². The maximum absolute atomic E-state index is 11.3. The van der Waals surface area contributed by atoms with Gasteiger partial charge in [0.15, 0.2) is 0 Å². The van der Waals surface area contributed by atoms with Crippen LogP contribution in [0.3, 0.4) is 0 Å². The molecule has 0 spiro atoms. The van der Waals surface area contributed by atoms with Gasteiger partial charge in [0.25, 0.3) is 0 Å². The summed E-state index contributed by atoms with van der Waals surface area (Å²) in [5, 5.41) is 2.75. The number of unbranched alkanes of at least 4 members (excludes halogenated alkanes) is 1. The predicted octanol–water partition coefficient (Wildman–Crippen LogP) is 1.25. The van der Waals surface area contributed by atoms with E-state index >= 15 is 0 Å². The quantitative estimate of drug-likeness (QED) is 0.454. The minimum Gasteiger partial charge on any atom is -0.491 e. The second-order valence-corrected chi connectivity index (χ2v) is 3.90. The Bertz CT molecular complexity index is 404. The van der Waals surface area contributed by atoms with Crippen LogP contribution in [0, 0.1) is 0 Å². The Labute approximate surface area is 103 Å². The first kappa shape index (κ1) is 13.4. The van der Waals surface area contributed by atoms with Crippen molar-refractivity contribution in [1.29, 1.82) is 0 Å². The van der Waals surface area contributed by atoms with E-state index < -0.39 is 0 Å². The molecule has 0 heterocycles. The monoisotopic (exact) mass is 231 g/mol. The van der Waals surface area contributed by atoms with Crippen LogP contribution in [0.2, 0.25) is 0 Å². The molecule has 0 unspecified atom stereocenters. The van der Waals surface area contributed by atoms with Crippen molar-refractivity contribution in [3.63, 3.8) is 0 Å². The molecule has 0 aromatic heterocycles. The van der Waals surface area contributed by atoms with E-state index in [1.54, 1.807) is 0 Å². The van der Waals surface area contributed by atoms with E-state index in [0.29, 0.717) is 18.0 Å². The number of carbonyl (C=O) groups excluding carboxylic acids is 1. The maximum atomic E-state index is 11.3. The second kappa shape index (κ2) is 6.79. The van der Waals surface area contributed by atoms with Crippen LogP contribution in [-0.4, -0.2) is 20.4 Å². The normalized spacial score (nSPS) is 9.71. The molecule has 0 saturated carbocycles. The molecule has 0 aliphatic carbocycles. The molecule has 1 aromatic rings. The summed E-state index contributed by atoms with van der Waals surface area (Å²) in [5.41, 5.74) is 1.78. The topological polar surface area (TPSA) is 38.3 Å². The van der Waals surface area contributed by atoms with Gasteiger partial charge >= 0.3 is 0 Å². The van der Waals surface area contributed by atoms with E-state index in [2.05, 4.69) is 18.8 Å². The van der Waals surface area contributed by atoms with E-state index in [1.165, 1.54) is 6.08 Å². The van der Waals surface area contributed by atoms with E-state index in [4.69, 9.17) is 4.74 Å². The summed E-state index contributed by atoms with van der Waals surface area (Å²) in [5.74, 6) is 0.482.